The van der Waals surface area contributed by atoms with Gasteiger partial charge in [-0.15, -0.1) is 0 Å². The van der Waals surface area contributed by atoms with E-state index in [-0.39, 0.29) is 5.92 Å². The van der Waals surface area contributed by atoms with Crippen molar-refractivity contribution in [2.45, 2.75) is 12.3 Å². The van der Waals surface area contributed by atoms with Gasteiger partial charge in [-0.25, -0.2) is 9.97 Å². The van der Waals surface area contributed by atoms with Crippen LogP contribution >= 0.6 is 0 Å². The van der Waals surface area contributed by atoms with E-state index in [0.717, 1.165) is 23.6 Å². The molecule has 92 valence electrons. The number of fused-ring (bicyclic) bond motifs is 1. The molecule has 0 radical (unpaired) electrons. The van der Waals surface area contributed by atoms with Crippen molar-refractivity contribution < 1.29 is 4.74 Å². The lowest BCUT2D eigenvalue weighted by molar-refractivity contribution is 0.339. The highest BCUT2D eigenvalue weighted by molar-refractivity contribution is 5.42. The van der Waals surface area contributed by atoms with Crippen LogP contribution in [0.15, 0.2) is 36.7 Å². The normalized spacial score (nSPS) is 17.3. The quantitative estimate of drug-likeness (QED) is 0.884. The van der Waals surface area contributed by atoms with Crippen LogP contribution in [0.25, 0.3) is 0 Å². The molecular weight excluding hydrogens is 226 g/mol. The number of nitrogens with two attached hydrogens (primary N) is 1. The van der Waals surface area contributed by atoms with Gasteiger partial charge in [-0.2, -0.15) is 0 Å². The van der Waals surface area contributed by atoms with Crippen molar-refractivity contribution in [3.8, 4) is 5.75 Å². The first-order valence-electron chi connectivity index (χ1n) is 6.11. The Kier molecular flexibility index (Phi) is 2.94. The van der Waals surface area contributed by atoms with E-state index in [4.69, 9.17) is 10.5 Å². The first kappa shape index (κ1) is 11.2. The minimum absolute atomic E-state index is 0.146. The molecule has 0 amide bonds. The molecule has 1 unspecified atom stereocenters. The molecule has 0 bridgehead atoms. The number of benzene rings is 1. The van der Waals surface area contributed by atoms with Crippen LogP contribution in [0.4, 0.5) is 0 Å². The lowest BCUT2D eigenvalue weighted by Gasteiger charge is -2.07. The van der Waals surface area contributed by atoms with Crippen molar-refractivity contribution in [1.29, 1.82) is 0 Å². The fraction of sp³-hybridized carbons (Fsp3) is 0.286. The standard InChI is InChI=1S/C14H15N3O/c15-6-5-10-7-16-14(17-8-10)12-9-18-13-4-2-1-3-11(12)13/h1-4,7-8,12H,5-6,9,15H2. The number of hydrogen-bond donors (Lipinski definition) is 1. The van der Waals surface area contributed by atoms with Crippen LogP contribution in [0, 0.1) is 0 Å². The average molecular weight is 241 g/mol. The summed E-state index contributed by atoms with van der Waals surface area (Å²) in [7, 11) is 0. The molecule has 1 aliphatic heterocycles. The van der Waals surface area contributed by atoms with E-state index < -0.39 is 0 Å². The zero-order valence-electron chi connectivity index (χ0n) is 10.0. The van der Waals surface area contributed by atoms with Crippen molar-refractivity contribution in [2.75, 3.05) is 13.2 Å². The Morgan fingerprint density at radius 1 is 1.22 bits per heavy atom. The van der Waals surface area contributed by atoms with Crippen LogP contribution in [0.1, 0.15) is 22.9 Å². The molecule has 3 rings (SSSR count). The van der Waals surface area contributed by atoms with Gasteiger partial charge in [0.15, 0.2) is 0 Å². The summed E-state index contributed by atoms with van der Waals surface area (Å²) in [4.78, 5) is 8.86. The molecule has 0 spiro atoms. The second-order valence-electron chi connectivity index (χ2n) is 4.39. The second-order valence-corrected chi connectivity index (χ2v) is 4.39. The molecule has 1 aliphatic rings. The highest BCUT2D eigenvalue weighted by Crippen LogP contribution is 2.36. The molecule has 0 saturated carbocycles. The predicted molar refractivity (Wildman–Crippen MR) is 68.6 cm³/mol. The van der Waals surface area contributed by atoms with E-state index in [1.807, 2.05) is 30.6 Å². The monoisotopic (exact) mass is 241 g/mol. The van der Waals surface area contributed by atoms with Gasteiger partial charge in [-0.1, -0.05) is 18.2 Å². The highest BCUT2D eigenvalue weighted by atomic mass is 16.5. The molecule has 2 aromatic rings. The fourth-order valence-electron chi connectivity index (χ4n) is 2.22. The van der Waals surface area contributed by atoms with Gasteiger partial charge in [0.2, 0.25) is 0 Å². The van der Waals surface area contributed by atoms with Gasteiger partial charge in [-0.3, -0.25) is 0 Å². The molecule has 18 heavy (non-hydrogen) atoms. The Labute approximate surface area is 106 Å². The third-order valence-corrected chi connectivity index (χ3v) is 3.17. The van der Waals surface area contributed by atoms with Crippen molar-refractivity contribution in [3.63, 3.8) is 0 Å². The second kappa shape index (κ2) is 4.74. The van der Waals surface area contributed by atoms with Gasteiger partial charge in [-0.05, 0) is 24.6 Å². The fourth-order valence-corrected chi connectivity index (χ4v) is 2.22. The Morgan fingerprint density at radius 3 is 2.78 bits per heavy atom. The number of ether oxygens (including phenoxy) is 1. The predicted octanol–water partition coefficient (Wildman–Crippen LogP) is 1.50. The van der Waals surface area contributed by atoms with Gasteiger partial charge in [0.1, 0.15) is 18.2 Å². The van der Waals surface area contributed by atoms with E-state index in [1.165, 1.54) is 5.56 Å². The topological polar surface area (TPSA) is 61.0 Å². The zero-order chi connectivity index (χ0) is 12.4. The van der Waals surface area contributed by atoms with Crippen molar-refractivity contribution in [3.05, 3.63) is 53.6 Å². The number of aromatic nitrogens is 2. The van der Waals surface area contributed by atoms with Crippen molar-refractivity contribution >= 4 is 0 Å². The summed E-state index contributed by atoms with van der Waals surface area (Å²) in [6.45, 7) is 1.24. The summed E-state index contributed by atoms with van der Waals surface area (Å²) in [6.07, 6.45) is 4.53. The smallest absolute Gasteiger partial charge is 0.139 e. The summed E-state index contributed by atoms with van der Waals surface area (Å²) in [5.41, 5.74) is 7.76. The van der Waals surface area contributed by atoms with E-state index in [0.29, 0.717) is 13.2 Å². The molecule has 1 aromatic carbocycles. The van der Waals surface area contributed by atoms with Crippen LogP contribution < -0.4 is 10.5 Å². The molecule has 0 aliphatic carbocycles. The molecule has 1 atom stereocenters. The summed E-state index contributed by atoms with van der Waals surface area (Å²) in [5, 5.41) is 0. The highest BCUT2D eigenvalue weighted by Gasteiger charge is 2.27. The molecule has 0 fully saturated rings. The lowest BCUT2D eigenvalue weighted by Crippen LogP contribution is -2.09. The lowest BCUT2D eigenvalue weighted by atomic mass is 10.0. The number of rotatable bonds is 3. The van der Waals surface area contributed by atoms with E-state index in [1.54, 1.807) is 0 Å². The maximum Gasteiger partial charge on any atom is 0.139 e. The van der Waals surface area contributed by atoms with Crippen LogP contribution in [0.3, 0.4) is 0 Å². The minimum atomic E-state index is 0.146. The summed E-state index contributed by atoms with van der Waals surface area (Å²) >= 11 is 0. The SMILES string of the molecule is NCCc1cnc(C2COc3ccccc32)nc1. The van der Waals surface area contributed by atoms with Gasteiger partial charge < -0.3 is 10.5 Å². The first-order valence-corrected chi connectivity index (χ1v) is 6.11. The van der Waals surface area contributed by atoms with Gasteiger partial charge >= 0.3 is 0 Å². The number of para-hydroxylation sites is 1. The van der Waals surface area contributed by atoms with Gasteiger partial charge in [0.25, 0.3) is 0 Å². The third-order valence-electron chi connectivity index (χ3n) is 3.17. The van der Waals surface area contributed by atoms with Crippen molar-refractivity contribution in [1.82, 2.24) is 9.97 Å². The molecule has 4 nitrogen and oxygen atoms in total. The van der Waals surface area contributed by atoms with Crippen LogP contribution in [-0.4, -0.2) is 23.1 Å². The maximum atomic E-state index is 5.64. The first-order chi connectivity index (χ1) is 8.88. The summed E-state index contributed by atoms with van der Waals surface area (Å²) < 4.78 is 5.64. The van der Waals surface area contributed by atoms with E-state index in [9.17, 15) is 0 Å². The molecule has 2 heterocycles. The van der Waals surface area contributed by atoms with Gasteiger partial charge in [0, 0.05) is 18.0 Å². The molecule has 4 heteroatoms. The van der Waals surface area contributed by atoms with E-state index in [2.05, 4.69) is 16.0 Å². The molecule has 2 N–H and O–H groups in total. The number of nitrogens with zero attached hydrogens (tertiary/aromatic N) is 2. The Bertz CT molecular complexity index is 539. The zero-order valence-corrected chi connectivity index (χ0v) is 10.0. The van der Waals surface area contributed by atoms with Crippen LogP contribution in [0.2, 0.25) is 0 Å². The number of hydrogen-bond acceptors (Lipinski definition) is 4. The summed E-state index contributed by atoms with van der Waals surface area (Å²) in [5.74, 6) is 1.91. The molecule has 0 saturated heterocycles. The Morgan fingerprint density at radius 2 is 2.00 bits per heavy atom. The largest absolute Gasteiger partial charge is 0.492 e. The average Bonchev–Trinajstić information content (AvgIpc) is 2.84. The minimum Gasteiger partial charge on any atom is -0.492 e. The summed E-state index contributed by atoms with van der Waals surface area (Å²) in [6, 6.07) is 8.05. The Hall–Kier alpha value is -1.94. The maximum absolute atomic E-state index is 5.64. The molecule has 1 aromatic heterocycles. The van der Waals surface area contributed by atoms with Crippen LogP contribution in [-0.2, 0) is 6.42 Å². The van der Waals surface area contributed by atoms with E-state index >= 15 is 0 Å². The third kappa shape index (κ3) is 1.95. The van der Waals surface area contributed by atoms with Crippen molar-refractivity contribution in [2.24, 2.45) is 5.73 Å². The van der Waals surface area contributed by atoms with Gasteiger partial charge in [0.05, 0.1) is 5.92 Å². The molecular formula is C14H15N3O. The van der Waals surface area contributed by atoms with Crippen LogP contribution in [0.5, 0.6) is 5.75 Å². The Balaban J connectivity index is 1.88.